The first kappa shape index (κ1) is 13.1. The van der Waals surface area contributed by atoms with Crippen LogP contribution < -0.4 is 15.8 Å². The molecular weight excluding hydrogens is 224 g/mol. The zero-order chi connectivity index (χ0) is 13.1. The van der Waals surface area contributed by atoms with Gasteiger partial charge in [0, 0.05) is 6.04 Å². The second-order valence-corrected chi connectivity index (χ2v) is 5.31. The number of benzene rings is 1. The maximum Gasteiger partial charge on any atom is 0.144 e. The van der Waals surface area contributed by atoms with Crippen molar-refractivity contribution in [3.63, 3.8) is 0 Å². The van der Waals surface area contributed by atoms with E-state index in [1.165, 1.54) is 12.8 Å². The quantitative estimate of drug-likeness (QED) is 0.801. The Morgan fingerprint density at radius 3 is 2.72 bits per heavy atom. The molecule has 0 heterocycles. The number of rotatable bonds is 4. The average molecular weight is 248 g/mol. The van der Waals surface area contributed by atoms with Gasteiger partial charge in [-0.3, -0.25) is 0 Å². The molecule has 3 atom stereocenters. The summed E-state index contributed by atoms with van der Waals surface area (Å²) in [6.07, 6.45) is 2.52. The Morgan fingerprint density at radius 2 is 2.11 bits per heavy atom. The normalized spacial score (nSPS) is 27.2. The molecule has 3 unspecified atom stereocenters. The fraction of sp³-hybridized carbons (Fsp3) is 0.600. The third kappa shape index (κ3) is 2.55. The van der Waals surface area contributed by atoms with Crippen molar-refractivity contribution in [1.82, 2.24) is 0 Å². The fourth-order valence-corrected chi connectivity index (χ4v) is 2.72. The summed E-state index contributed by atoms with van der Waals surface area (Å²) in [5.74, 6) is 2.26. The Morgan fingerprint density at radius 1 is 1.33 bits per heavy atom. The Labute approximate surface area is 110 Å². The largest absolute Gasteiger partial charge is 0.492 e. The number of anilines is 2. The van der Waals surface area contributed by atoms with E-state index in [9.17, 15) is 0 Å². The van der Waals surface area contributed by atoms with Gasteiger partial charge in [0.05, 0.1) is 18.0 Å². The van der Waals surface area contributed by atoms with E-state index in [2.05, 4.69) is 19.2 Å². The zero-order valence-corrected chi connectivity index (χ0v) is 11.6. The molecule has 2 rings (SSSR count). The van der Waals surface area contributed by atoms with Crippen molar-refractivity contribution >= 4 is 11.4 Å². The summed E-state index contributed by atoms with van der Waals surface area (Å²) in [7, 11) is 0. The summed E-state index contributed by atoms with van der Waals surface area (Å²) in [4.78, 5) is 0. The second-order valence-electron chi connectivity index (χ2n) is 5.31. The van der Waals surface area contributed by atoms with E-state index in [0.29, 0.717) is 18.6 Å². The van der Waals surface area contributed by atoms with Crippen LogP contribution in [0.5, 0.6) is 5.75 Å². The van der Waals surface area contributed by atoms with Crippen LogP contribution in [-0.4, -0.2) is 12.6 Å². The van der Waals surface area contributed by atoms with Crippen LogP contribution in [0, 0.1) is 11.8 Å². The molecule has 3 N–H and O–H groups in total. The van der Waals surface area contributed by atoms with Gasteiger partial charge in [0.2, 0.25) is 0 Å². The highest BCUT2D eigenvalue weighted by atomic mass is 16.5. The Hall–Kier alpha value is -1.38. The minimum atomic E-state index is 0.527. The van der Waals surface area contributed by atoms with E-state index in [-0.39, 0.29) is 0 Å². The summed E-state index contributed by atoms with van der Waals surface area (Å²) < 4.78 is 5.52. The minimum Gasteiger partial charge on any atom is -0.492 e. The smallest absolute Gasteiger partial charge is 0.144 e. The van der Waals surface area contributed by atoms with Crippen LogP contribution in [0.4, 0.5) is 11.4 Å². The van der Waals surface area contributed by atoms with E-state index >= 15 is 0 Å². The summed E-state index contributed by atoms with van der Waals surface area (Å²) >= 11 is 0. The third-order valence-electron chi connectivity index (χ3n) is 4.17. The first-order valence-corrected chi connectivity index (χ1v) is 6.91. The van der Waals surface area contributed by atoms with E-state index in [1.54, 1.807) is 0 Å². The lowest BCUT2D eigenvalue weighted by molar-refractivity contribution is 0.342. The topological polar surface area (TPSA) is 47.3 Å². The molecule has 3 heteroatoms. The van der Waals surface area contributed by atoms with Gasteiger partial charge in [-0.2, -0.15) is 0 Å². The van der Waals surface area contributed by atoms with Crippen molar-refractivity contribution in [3.8, 4) is 5.75 Å². The van der Waals surface area contributed by atoms with Crippen LogP contribution >= 0.6 is 0 Å². The third-order valence-corrected chi connectivity index (χ3v) is 4.17. The van der Waals surface area contributed by atoms with Gasteiger partial charge in [0.25, 0.3) is 0 Å². The summed E-state index contributed by atoms with van der Waals surface area (Å²) in [5, 5.41) is 3.58. The number of ether oxygens (including phenoxy) is 1. The summed E-state index contributed by atoms with van der Waals surface area (Å²) in [6.45, 7) is 7.26. The monoisotopic (exact) mass is 248 g/mol. The van der Waals surface area contributed by atoms with Gasteiger partial charge in [-0.1, -0.05) is 19.9 Å². The molecule has 0 aliphatic heterocycles. The molecule has 0 bridgehead atoms. The molecule has 0 saturated heterocycles. The average Bonchev–Trinajstić information content (AvgIpc) is 2.66. The Balaban J connectivity index is 2.12. The standard InChI is InChI=1S/C15H24N2O/c1-4-18-14-7-5-6-13(15(14)16)17-12-9-8-10(2)11(12)3/h5-7,10-12,17H,4,8-9,16H2,1-3H3. The molecule has 3 nitrogen and oxygen atoms in total. The van der Waals surface area contributed by atoms with Crippen molar-refractivity contribution in [3.05, 3.63) is 18.2 Å². The maximum atomic E-state index is 6.14. The molecule has 0 aromatic heterocycles. The van der Waals surface area contributed by atoms with Crippen LogP contribution in [-0.2, 0) is 0 Å². The molecule has 1 aliphatic rings. The number of nitrogens with two attached hydrogens (primary N) is 1. The molecule has 0 spiro atoms. The van der Waals surface area contributed by atoms with Crippen LogP contribution in [0.1, 0.15) is 33.6 Å². The van der Waals surface area contributed by atoms with Crippen molar-refractivity contribution in [2.24, 2.45) is 11.8 Å². The number of nitrogen functional groups attached to an aromatic ring is 1. The van der Waals surface area contributed by atoms with Gasteiger partial charge < -0.3 is 15.8 Å². The molecular formula is C15H24N2O. The Bertz CT molecular complexity index is 405. The first-order valence-electron chi connectivity index (χ1n) is 6.91. The van der Waals surface area contributed by atoms with Gasteiger partial charge in [0.15, 0.2) is 0 Å². The van der Waals surface area contributed by atoms with Gasteiger partial charge in [-0.15, -0.1) is 0 Å². The minimum absolute atomic E-state index is 0.527. The Kier molecular flexibility index (Phi) is 4.00. The molecule has 1 aliphatic carbocycles. The first-order chi connectivity index (χ1) is 8.63. The number of nitrogens with one attached hydrogen (secondary N) is 1. The van der Waals surface area contributed by atoms with Crippen LogP contribution in [0.3, 0.4) is 0 Å². The van der Waals surface area contributed by atoms with Gasteiger partial charge in [-0.25, -0.2) is 0 Å². The van der Waals surface area contributed by atoms with Gasteiger partial charge in [0.1, 0.15) is 5.75 Å². The number of hydrogen-bond acceptors (Lipinski definition) is 3. The van der Waals surface area contributed by atoms with Crippen LogP contribution in [0.15, 0.2) is 18.2 Å². The van der Waals surface area contributed by atoms with Crippen molar-refractivity contribution < 1.29 is 4.74 Å². The van der Waals surface area contributed by atoms with Crippen molar-refractivity contribution in [2.45, 2.75) is 39.7 Å². The highest BCUT2D eigenvalue weighted by Crippen LogP contribution is 2.36. The van der Waals surface area contributed by atoms with E-state index in [4.69, 9.17) is 10.5 Å². The molecule has 18 heavy (non-hydrogen) atoms. The van der Waals surface area contributed by atoms with Gasteiger partial charge in [-0.05, 0) is 43.7 Å². The molecule has 100 valence electrons. The zero-order valence-electron chi connectivity index (χ0n) is 11.6. The van der Waals surface area contributed by atoms with E-state index in [1.807, 2.05) is 25.1 Å². The second kappa shape index (κ2) is 5.51. The molecule has 0 radical (unpaired) electrons. The lowest BCUT2D eigenvalue weighted by Crippen LogP contribution is -2.24. The molecule has 0 amide bonds. The lowest BCUT2D eigenvalue weighted by atomic mass is 9.97. The highest BCUT2D eigenvalue weighted by molar-refractivity contribution is 5.73. The number of para-hydroxylation sites is 1. The summed E-state index contributed by atoms with van der Waals surface area (Å²) in [5.41, 5.74) is 7.87. The maximum absolute atomic E-state index is 6.14. The highest BCUT2D eigenvalue weighted by Gasteiger charge is 2.29. The van der Waals surface area contributed by atoms with Crippen LogP contribution in [0.2, 0.25) is 0 Å². The fourth-order valence-electron chi connectivity index (χ4n) is 2.72. The lowest BCUT2D eigenvalue weighted by Gasteiger charge is -2.22. The summed E-state index contributed by atoms with van der Waals surface area (Å²) in [6, 6.07) is 6.48. The molecule has 1 fully saturated rings. The molecule has 1 aromatic carbocycles. The molecule has 1 aromatic rings. The van der Waals surface area contributed by atoms with Crippen molar-refractivity contribution in [2.75, 3.05) is 17.7 Å². The van der Waals surface area contributed by atoms with E-state index in [0.717, 1.165) is 23.0 Å². The van der Waals surface area contributed by atoms with E-state index < -0.39 is 0 Å². The predicted octanol–water partition coefficient (Wildman–Crippen LogP) is 3.51. The van der Waals surface area contributed by atoms with Crippen LogP contribution in [0.25, 0.3) is 0 Å². The van der Waals surface area contributed by atoms with Crippen molar-refractivity contribution in [1.29, 1.82) is 0 Å². The predicted molar refractivity (Wildman–Crippen MR) is 77.0 cm³/mol. The SMILES string of the molecule is CCOc1cccc(NC2CCC(C)C2C)c1N. The van der Waals surface area contributed by atoms with Gasteiger partial charge >= 0.3 is 0 Å². The molecule has 1 saturated carbocycles. The number of hydrogen-bond donors (Lipinski definition) is 2.